The third kappa shape index (κ3) is 4.44. The number of ether oxygens (including phenoxy) is 1. The van der Waals surface area contributed by atoms with Crippen molar-refractivity contribution in [3.05, 3.63) is 18.2 Å². The lowest BCUT2D eigenvalue weighted by atomic mass is 10.2. The van der Waals surface area contributed by atoms with Crippen molar-refractivity contribution in [2.45, 2.75) is 26.8 Å². The zero-order chi connectivity index (χ0) is 14.4. The van der Waals surface area contributed by atoms with Gasteiger partial charge in [0.1, 0.15) is 5.75 Å². The lowest BCUT2D eigenvalue weighted by Gasteiger charge is -2.24. The maximum absolute atomic E-state index is 12.0. The second-order valence-corrected chi connectivity index (χ2v) is 4.66. The maximum Gasteiger partial charge on any atom is 0.238 e. The van der Waals surface area contributed by atoms with E-state index in [1.165, 1.54) is 0 Å². The van der Waals surface area contributed by atoms with Gasteiger partial charge in [-0.3, -0.25) is 9.69 Å². The first-order chi connectivity index (χ1) is 8.97. The molecule has 5 nitrogen and oxygen atoms in total. The molecular weight excluding hydrogens is 242 g/mol. The molecule has 0 unspecified atom stereocenters. The van der Waals surface area contributed by atoms with Crippen molar-refractivity contribution < 1.29 is 9.53 Å². The van der Waals surface area contributed by atoms with Crippen LogP contribution in [0.4, 0.5) is 11.4 Å². The molecule has 0 radical (unpaired) electrons. The summed E-state index contributed by atoms with van der Waals surface area (Å²) in [6.45, 7) is 7.36. The largest absolute Gasteiger partial charge is 0.495 e. The number of hydrogen-bond acceptors (Lipinski definition) is 4. The van der Waals surface area contributed by atoms with Crippen LogP contribution in [-0.2, 0) is 4.79 Å². The number of likely N-dealkylation sites (N-methyl/N-ethyl adjacent to an activating group) is 1. The number of methoxy groups -OCH3 is 1. The fourth-order valence-corrected chi connectivity index (χ4v) is 1.86. The summed E-state index contributed by atoms with van der Waals surface area (Å²) >= 11 is 0. The van der Waals surface area contributed by atoms with Crippen LogP contribution in [0.25, 0.3) is 0 Å². The quantitative estimate of drug-likeness (QED) is 0.771. The van der Waals surface area contributed by atoms with Crippen LogP contribution in [0.5, 0.6) is 5.75 Å². The van der Waals surface area contributed by atoms with Crippen molar-refractivity contribution in [1.82, 2.24) is 4.90 Å². The van der Waals surface area contributed by atoms with Gasteiger partial charge in [-0.1, -0.05) is 6.92 Å². The van der Waals surface area contributed by atoms with Gasteiger partial charge in [0.25, 0.3) is 0 Å². The molecule has 3 N–H and O–H groups in total. The zero-order valence-electron chi connectivity index (χ0n) is 12.1. The van der Waals surface area contributed by atoms with Crippen molar-refractivity contribution in [2.75, 3.05) is 31.2 Å². The Morgan fingerprint density at radius 1 is 1.47 bits per heavy atom. The number of hydrogen-bond donors (Lipinski definition) is 2. The number of rotatable bonds is 6. The van der Waals surface area contributed by atoms with Gasteiger partial charge in [0.2, 0.25) is 5.91 Å². The highest BCUT2D eigenvalue weighted by molar-refractivity contribution is 5.94. The number of benzene rings is 1. The predicted molar refractivity (Wildman–Crippen MR) is 78.4 cm³/mol. The minimum atomic E-state index is -0.0700. The van der Waals surface area contributed by atoms with Gasteiger partial charge in [-0.15, -0.1) is 0 Å². The summed E-state index contributed by atoms with van der Waals surface area (Å²) in [5, 5.41) is 2.84. The molecule has 106 valence electrons. The molecular formula is C14H23N3O2. The average molecular weight is 265 g/mol. The van der Waals surface area contributed by atoms with Crippen LogP contribution in [0.3, 0.4) is 0 Å². The summed E-state index contributed by atoms with van der Waals surface area (Å²) < 4.78 is 5.20. The van der Waals surface area contributed by atoms with E-state index in [0.29, 0.717) is 29.7 Å². The number of carbonyl (C=O) groups excluding carboxylic acids is 1. The average Bonchev–Trinajstić information content (AvgIpc) is 2.35. The normalized spacial score (nSPS) is 10.8. The van der Waals surface area contributed by atoms with E-state index in [9.17, 15) is 4.79 Å². The van der Waals surface area contributed by atoms with E-state index in [-0.39, 0.29) is 5.91 Å². The Bertz CT molecular complexity index is 433. The smallest absolute Gasteiger partial charge is 0.238 e. The summed E-state index contributed by atoms with van der Waals surface area (Å²) in [4.78, 5) is 14.1. The van der Waals surface area contributed by atoms with Crippen LogP contribution in [0.1, 0.15) is 20.8 Å². The molecule has 0 saturated heterocycles. The molecule has 5 heteroatoms. The first kappa shape index (κ1) is 15.3. The SMILES string of the molecule is CCN(CC(=O)Nc1cc(N)ccc1OC)C(C)C. The highest BCUT2D eigenvalue weighted by Crippen LogP contribution is 2.26. The monoisotopic (exact) mass is 265 g/mol. The van der Waals surface area contributed by atoms with Gasteiger partial charge in [-0.05, 0) is 38.6 Å². The van der Waals surface area contributed by atoms with Crippen molar-refractivity contribution in [3.63, 3.8) is 0 Å². The molecule has 0 bridgehead atoms. The number of nitrogens with one attached hydrogen (secondary N) is 1. The van der Waals surface area contributed by atoms with Gasteiger partial charge >= 0.3 is 0 Å². The molecule has 1 aromatic carbocycles. The van der Waals surface area contributed by atoms with Crippen molar-refractivity contribution in [1.29, 1.82) is 0 Å². The Morgan fingerprint density at radius 3 is 2.68 bits per heavy atom. The van der Waals surface area contributed by atoms with Gasteiger partial charge in [-0.25, -0.2) is 0 Å². The molecule has 0 atom stereocenters. The third-order valence-corrected chi connectivity index (χ3v) is 2.98. The number of nitrogen functional groups attached to an aromatic ring is 1. The van der Waals surface area contributed by atoms with Crippen LogP contribution < -0.4 is 15.8 Å². The minimum absolute atomic E-state index is 0.0700. The summed E-state index contributed by atoms with van der Waals surface area (Å²) in [7, 11) is 1.56. The molecule has 1 amide bonds. The van der Waals surface area contributed by atoms with Crippen LogP contribution in [0.2, 0.25) is 0 Å². The molecule has 0 aliphatic heterocycles. The van der Waals surface area contributed by atoms with Crippen LogP contribution >= 0.6 is 0 Å². The second kappa shape index (κ2) is 6.99. The molecule has 0 heterocycles. The van der Waals surface area contributed by atoms with E-state index in [2.05, 4.69) is 24.1 Å². The summed E-state index contributed by atoms with van der Waals surface area (Å²) in [6.07, 6.45) is 0. The molecule has 0 aromatic heterocycles. The van der Waals surface area contributed by atoms with Gasteiger partial charge in [0.05, 0.1) is 19.3 Å². The van der Waals surface area contributed by atoms with E-state index in [1.54, 1.807) is 25.3 Å². The van der Waals surface area contributed by atoms with Gasteiger partial charge in [0.15, 0.2) is 0 Å². The molecule has 1 rings (SSSR count). The molecule has 0 spiro atoms. The number of anilines is 2. The summed E-state index contributed by atoms with van der Waals surface area (Å²) in [5.74, 6) is 0.537. The van der Waals surface area contributed by atoms with Gasteiger partial charge in [-0.2, -0.15) is 0 Å². The fraction of sp³-hybridized carbons (Fsp3) is 0.500. The molecule has 0 aliphatic rings. The van der Waals surface area contributed by atoms with Gasteiger partial charge < -0.3 is 15.8 Å². The first-order valence-electron chi connectivity index (χ1n) is 6.45. The number of carbonyl (C=O) groups is 1. The Balaban J connectivity index is 2.73. The molecule has 19 heavy (non-hydrogen) atoms. The number of nitrogens with zero attached hydrogens (tertiary/aromatic N) is 1. The Hall–Kier alpha value is -1.75. The Kier molecular flexibility index (Phi) is 5.63. The van der Waals surface area contributed by atoms with E-state index >= 15 is 0 Å². The molecule has 1 aromatic rings. The maximum atomic E-state index is 12.0. The Morgan fingerprint density at radius 2 is 2.16 bits per heavy atom. The lowest BCUT2D eigenvalue weighted by Crippen LogP contribution is -2.37. The predicted octanol–water partition coefficient (Wildman–Crippen LogP) is 1.95. The topological polar surface area (TPSA) is 67.6 Å². The van der Waals surface area contributed by atoms with Crippen LogP contribution in [0.15, 0.2) is 18.2 Å². The standard InChI is InChI=1S/C14H23N3O2/c1-5-17(10(2)3)9-14(18)16-12-8-11(15)6-7-13(12)19-4/h6-8,10H,5,9,15H2,1-4H3,(H,16,18). The second-order valence-electron chi connectivity index (χ2n) is 4.66. The van der Waals surface area contributed by atoms with E-state index < -0.39 is 0 Å². The third-order valence-electron chi connectivity index (χ3n) is 2.98. The number of nitrogens with two attached hydrogens (primary N) is 1. The molecule has 0 saturated carbocycles. The highest BCUT2D eigenvalue weighted by atomic mass is 16.5. The van der Waals surface area contributed by atoms with Crippen molar-refractivity contribution in [3.8, 4) is 5.75 Å². The lowest BCUT2D eigenvalue weighted by molar-refractivity contribution is -0.117. The van der Waals surface area contributed by atoms with Crippen LogP contribution in [0, 0.1) is 0 Å². The zero-order valence-corrected chi connectivity index (χ0v) is 12.1. The molecule has 0 fully saturated rings. The van der Waals surface area contributed by atoms with Gasteiger partial charge in [0, 0.05) is 11.7 Å². The highest BCUT2D eigenvalue weighted by Gasteiger charge is 2.13. The van der Waals surface area contributed by atoms with Crippen LogP contribution in [-0.4, -0.2) is 37.0 Å². The van der Waals surface area contributed by atoms with Crippen molar-refractivity contribution >= 4 is 17.3 Å². The first-order valence-corrected chi connectivity index (χ1v) is 6.45. The van der Waals surface area contributed by atoms with E-state index in [4.69, 9.17) is 10.5 Å². The fourth-order valence-electron chi connectivity index (χ4n) is 1.86. The minimum Gasteiger partial charge on any atom is -0.495 e. The Labute approximate surface area is 114 Å². The van der Waals surface area contributed by atoms with E-state index in [1.807, 2.05) is 6.92 Å². The summed E-state index contributed by atoms with van der Waals surface area (Å²) in [6, 6.07) is 5.51. The summed E-state index contributed by atoms with van der Waals surface area (Å²) in [5.41, 5.74) is 6.91. The van der Waals surface area contributed by atoms with Crippen molar-refractivity contribution in [2.24, 2.45) is 0 Å². The number of amides is 1. The molecule has 0 aliphatic carbocycles. The van der Waals surface area contributed by atoms with E-state index in [0.717, 1.165) is 6.54 Å².